The first-order chi connectivity index (χ1) is 11.4. The molecule has 1 atom stereocenters. The van der Waals surface area contributed by atoms with Crippen LogP contribution in [0.5, 0.6) is 0 Å². The van der Waals surface area contributed by atoms with Crippen molar-refractivity contribution in [2.24, 2.45) is 0 Å². The molecule has 0 radical (unpaired) electrons. The van der Waals surface area contributed by atoms with Gasteiger partial charge in [-0.25, -0.2) is 14.8 Å². The minimum absolute atomic E-state index is 0.0506. The fourth-order valence-corrected chi connectivity index (χ4v) is 2.93. The van der Waals surface area contributed by atoms with Crippen LogP contribution in [0.3, 0.4) is 0 Å². The van der Waals surface area contributed by atoms with Gasteiger partial charge in [-0.15, -0.1) is 0 Å². The van der Waals surface area contributed by atoms with Crippen molar-refractivity contribution >= 4 is 6.09 Å². The van der Waals surface area contributed by atoms with Gasteiger partial charge in [0.15, 0.2) is 0 Å². The topological polar surface area (TPSA) is 55.3 Å². The van der Waals surface area contributed by atoms with E-state index in [1.807, 2.05) is 57.2 Å². The van der Waals surface area contributed by atoms with Gasteiger partial charge in [0.2, 0.25) is 0 Å². The van der Waals surface area contributed by atoms with Gasteiger partial charge in [0.05, 0.1) is 17.4 Å². The van der Waals surface area contributed by atoms with Crippen LogP contribution < -0.4 is 0 Å². The normalized spacial score (nSPS) is 17.8. The van der Waals surface area contributed by atoms with E-state index in [9.17, 15) is 4.79 Å². The molecule has 1 amide bonds. The van der Waals surface area contributed by atoms with Crippen molar-refractivity contribution < 1.29 is 9.53 Å². The molecule has 1 aliphatic heterocycles. The highest BCUT2D eigenvalue weighted by atomic mass is 16.6. The fraction of sp³-hybridized carbons (Fsp3) is 0.421. The van der Waals surface area contributed by atoms with E-state index in [4.69, 9.17) is 4.74 Å². The maximum Gasteiger partial charge on any atom is 0.410 e. The molecule has 0 spiro atoms. The van der Waals surface area contributed by atoms with Crippen LogP contribution in [0, 0.1) is 0 Å². The summed E-state index contributed by atoms with van der Waals surface area (Å²) in [4.78, 5) is 23.0. The summed E-state index contributed by atoms with van der Waals surface area (Å²) in [6.45, 7) is 6.35. The lowest BCUT2D eigenvalue weighted by Crippen LogP contribution is -2.36. The van der Waals surface area contributed by atoms with Crippen LogP contribution in [-0.2, 0) is 4.74 Å². The Bertz CT molecular complexity index is 710. The third kappa shape index (κ3) is 3.72. The molecule has 5 heteroatoms. The Labute approximate surface area is 142 Å². The first-order valence-electron chi connectivity index (χ1n) is 8.31. The molecular weight excluding hydrogens is 302 g/mol. The minimum Gasteiger partial charge on any atom is -0.444 e. The van der Waals surface area contributed by atoms with Crippen LogP contribution in [0.1, 0.15) is 45.3 Å². The lowest BCUT2D eigenvalue weighted by Gasteiger charge is -2.28. The number of benzene rings is 1. The summed E-state index contributed by atoms with van der Waals surface area (Å²) >= 11 is 0. The monoisotopic (exact) mass is 325 g/mol. The number of hydrogen-bond acceptors (Lipinski definition) is 4. The number of hydrogen-bond donors (Lipinski definition) is 0. The Hall–Kier alpha value is -2.43. The molecule has 0 N–H and O–H groups in total. The van der Waals surface area contributed by atoms with Gasteiger partial charge in [-0.2, -0.15) is 0 Å². The first-order valence-corrected chi connectivity index (χ1v) is 8.31. The zero-order valence-corrected chi connectivity index (χ0v) is 14.4. The second kappa shape index (κ2) is 6.59. The molecule has 24 heavy (non-hydrogen) atoms. The summed E-state index contributed by atoms with van der Waals surface area (Å²) < 4.78 is 5.53. The van der Waals surface area contributed by atoms with Gasteiger partial charge in [-0.3, -0.25) is 4.90 Å². The van der Waals surface area contributed by atoms with Crippen LogP contribution in [-0.4, -0.2) is 33.1 Å². The molecule has 3 rings (SSSR count). The van der Waals surface area contributed by atoms with Crippen LogP contribution in [0.2, 0.25) is 0 Å². The summed E-state index contributed by atoms with van der Waals surface area (Å²) in [5.74, 6) is 0. The second-order valence-corrected chi connectivity index (χ2v) is 7.03. The van der Waals surface area contributed by atoms with E-state index >= 15 is 0 Å². The quantitative estimate of drug-likeness (QED) is 0.829. The number of carbonyl (C=O) groups excluding carboxylic acids is 1. The van der Waals surface area contributed by atoms with Gasteiger partial charge in [-0.05, 0) is 39.7 Å². The molecule has 126 valence electrons. The smallest absolute Gasteiger partial charge is 0.410 e. The molecule has 2 heterocycles. The molecule has 1 saturated heterocycles. The average Bonchev–Trinajstić information content (AvgIpc) is 3.04. The summed E-state index contributed by atoms with van der Waals surface area (Å²) in [6, 6.07) is 11.9. The highest BCUT2D eigenvalue weighted by Crippen LogP contribution is 2.33. The van der Waals surface area contributed by atoms with Gasteiger partial charge < -0.3 is 4.74 Å². The molecule has 1 aromatic carbocycles. The predicted molar refractivity (Wildman–Crippen MR) is 92.4 cm³/mol. The lowest BCUT2D eigenvalue weighted by atomic mass is 10.1. The van der Waals surface area contributed by atoms with E-state index in [0.29, 0.717) is 6.54 Å². The molecule has 0 saturated carbocycles. The number of carbonyl (C=O) groups is 1. The summed E-state index contributed by atoms with van der Waals surface area (Å²) in [5, 5.41) is 0. The zero-order chi connectivity index (χ0) is 17.2. The van der Waals surface area contributed by atoms with Crippen LogP contribution in [0.4, 0.5) is 4.79 Å². The molecule has 5 nitrogen and oxygen atoms in total. The Kier molecular flexibility index (Phi) is 4.51. The Morgan fingerprint density at radius 1 is 1.21 bits per heavy atom. The summed E-state index contributed by atoms with van der Waals surface area (Å²) in [7, 11) is 0. The summed E-state index contributed by atoms with van der Waals surface area (Å²) in [5.41, 5.74) is 2.29. The lowest BCUT2D eigenvalue weighted by molar-refractivity contribution is 0.0221. The predicted octanol–water partition coefficient (Wildman–Crippen LogP) is 4.22. The van der Waals surface area contributed by atoms with Gasteiger partial charge in [0.25, 0.3) is 0 Å². The Balaban J connectivity index is 1.84. The highest BCUT2D eigenvalue weighted by molar-refractivity contribution is 5.69. The molecule has 1 aromatic heterocycles. The third-order valence-electron chi connectivity index (χ3n) is 3.98. The van der Waals surface area contributed by atoms with E-state index in [1.165, 1.54) is 0 Å². The molecule has 1 fully saturated rings. The Morgan fingerprint density at radius 2 is 1.96 bits per heavy atom. The molecule has 2 aromatic rings. The number of amides is 1. The van der Waals surface area contributed by atoms with Crippen LogP contribution in [0.25, 0.3) is 11.3 Å². The van der Waals surface area contributed by atoms with E-state index in [1.54, 1.807) is 11.2 Å². The van der Waals surface area contributed by atoms with Crippen molar-refractivity contribution in [3.05, 3.63) is 48.4 Å². The molecular formula is C19H23N3O2. The van der Waals surface area contributed by atoms with Crippen molar-refractivity contribution in [3.63, 3.8) is 0 Å². The van der Waals surface area contributed by atoms with Crippen molar-refractivity contribution in [1.82, 2.24) is 14.9 Å². The number of nitrogens with zero attached hydrogens (tertiary/aromatic N) is 3. The van der Waals surface area contributed by atoms with Gasteiger partial charge in [0.1, 0.15) is 11.9 Å². The fourth-order valence-electron chi connectivity index (χ4n) is 2.93. The van der Waals surface area contributed by atoms with Crippen molar-refractivity contribution in [2.75, 3.05) is 6.54 Å². The number of likely N-dealkylation sites (tertiary alicyclic amines) is 1. The van der Waals surface area contributed by atoms with Gasteiger partial charge >= 0.3 is 6.09 Å². The van der Waals surface area contributed by atoms with E-state index in [-0.39, 0.29) is 12.1 Å². The first kappa shape index (κ1) is 16.4. The number of rotatable bonds is 2. The van der Waals surface area contributed by atoms with Crippen LogP contribution in [0.15, 0.2) is 42.7 Å². The molecule has 1 unspecified atom stereocenters. The zero-order valence-electron chi connectivity index (χ0n) is 14.4. The van der Waals surface area contributed by atoms with Crippen molar-refractivity contribution in [1.29, 1.82) is 0 Å². The minimum atomic E-state index is -0.495. The third-order valence-corrected chi connectivity index (χ3v) is 3.98. The maximum absolute atomic E-state index is 12.5. The molecule has 0 bridgehead atoms. The van der Waals surface area contributed by atoms with Gasteiger partial charge in [-0.1, -0.05) is 30.3 Å². The van der Waals surface area contributed by atoms with Crippen LogP contribution >= 0.6 is 0 Å². The van der Waals surface area contributed by atoms with Crippen molar-refractivity contribution in [3.8, 4) is 11.3 Å². The SMILES string of the molecule is CC(C)(C)OC(=O)N1CCCC1c1cc(-c2ccccc2)ncn1. The standard InChI is InChI=1S/C19H23N3O2/c1-19(2,3)24-18(23)22-11-7-10-17(22)16-12-15(20-13-21-16)14-8-5-4-6-9-14/h4-6,8-9,12-13,17H,7,10-11H2,1-3H3. The largest absolute Gasteiger partial charge is 0.444 e. The maximum atomic E-state index is 12.5. The molecule has 0 aliphatic carbocycles. The van der Waals surface area contributed by atoms with Gasteiger partial charge in [0, 0.05) is 12.1 Å². The number of ether oxygens (including phenoxy) is 1. The van der Waals surface area contributed by atoms with E-state index in [0.717, 1.165) is 29.8 Å². The van der Waals surface area contributed by atoms with E-state index < -0.39 is 5.60 Å². The number of aromatic nitrogens is 2. The van der Waals surface area contributed by atoms with Crippen molar-refractivity contribution in [2.45, 2.75) is 45.3 Å². The molecule has 1 aliphatic rings. The summed E-state index contributed by atoms with van der Waals surface area (Å²) in [6.07, 6.45) is 3.15. The van der Waals surface area contributed by atoms with E-state index in [2.05, 4.69) is 9.97 Å². The Morgan fingerprint density at radius 3 is 2.67 bits per heavy atom. The average molecular weight is 325 g/mol. The second-order valence-electron chi connectivity index (χ2n) is 7.03. The highest BCUT2D eigenvalue weighted by Gasteiger charge is 2.34.